The fourth-order valence-electron chi connectivity index (χ4n) is 0.228. The van der Waals surface area contributed by atoms with Crippen molar-refractivity contribution in [3.05, 3.63) is 24.3 Å². The second-order valence-corrected chi connectivity index (χ2v) is 1.21. The second kappa shape index (κ2) is 0.805. The molecule has 0 atom stereocenters. The van der Waals surface area contributed by atoms with Gasteiger partial charge in [0.05, 0.1) is 0 Å². The Hall–Kier alpha value is -0.850. The average molecular weight is 80.1 g/mol. The normalized spacial score (nSPS) is 9.33. The first kappa shape index (κ1) is 3.34. The van der Waals surface area contributed by atoms with Crippen molar-refractivity contribution in [1.29, 1.82) is 0 Å². The minimum absolute atomic E-state index is 0.0741. The molecule has 0 N–H and O–H groups in total. The van der Waals surface area contributed by atoms with E-state index in [0.717, 1.165) is 5.56 Å². The maximum atomic E-state index is 10.00. The number of hydrogen-bond acceptors (Lipinski definition) is 1. The maximum absolute atomic E-state index is 10.00. The van der Waals surface area contributed by atoms with E-state index in [1.165, 1.54) is 0 Å². The van der Waals surface area contributed by atoms with Crippen LogP contribution < -0.4 is 5.11 Å². The summed E-state index contributed by atoms with van der Waals surface area (Å²) in [7, 11) is 0. The van der Waals surface area contributed by atoms with Crippen molar-refractivity contribution < 1.29 is 5.11 Å². The fraction of sp³-hybridized carbons (Fsp3) is 0. The molecule has 0 heterocycles. The van der Waals surface area contributed by atoms with Gasteiger partial charge < -0.3 is 5.11 Å². The molecule has 0 radical (unpaired) electrons. The predicted molar refractivity (Wildman–Crippen MR) is 22.3 cm³/mol. The third-order valence-corrected chi connectivity index (χ3v) is 0.655. The highest BCUT2D eigenvalue weighted by molar-refractivity contribution is 5.60. The molecule has 0 saturated carbocycles. The molecule has 1 heteroatoms. The third-order valence-electron chi connectivity index (χ3n) is 0.655. The van der Waals surface area contributed by atoms with Gasteiger partial charge in [-0.2, -0.15) is 0 Å². The molecule has 0 aliphatic carbocycles. The molecule has 0 bridgehead atoms. The summed E-state index contributed by atoms with van der Waals surface area (Å²) in [5, 5.41) is 10.00. The smallest absolute Gasteiger partial charge is 0.168 e. The molecule has 0 unspecified atom stereocenters. The van der Waals surface area contributed by atoms with Crippen molar-refractivity contribution in [1.82, 2.24) is 0 Å². The summed E-state index contributed by atoms with van der Waals surface area (Å²) in [6.07, 6.45) is 0. The standard InChI is InChI=1S/C5H4O/c1-4(6)5-2-3-5/h2-3H,1H2. The highest BCUT2D eigenvalue weighted by Gasteiger charge is 2.05. The Morgan fingerprint density at radius 1 is 2.00 bits per heavy atom. The Morgan fingerprint density at radius 3 is 2.50 bits per heavy atom. The minimum Gasteiger partial charge on any atom is -0.821 e. The lowest BCUT2D eigenvalue weighted by Crippen LogP contribution is -1.93. The van der Waals surface area contributed by atoms with Gasteiger partial charge in [0.15, 0.2) is 5.56 Å². The summed E-state index contributed by atoms with van der Waals surface area (Å²) < 4.78 is 0. The van der Waals surface area contributed by atoms with Gasteiger partial charge >= 0.3 is 0 Å². The van der Waals surface area contributed by atoms with Crippen molar-refractivity contribution in [2.45, 2.75) is 0 Å². The molecule has 1 nitrogen and oxygen atoms in total. The summed E-state index contributed by atoms with van der Waals surface area (Å²) >= 11 is 0. The zero-order chi connectivity index (χ0) is 4.57. The fourth-order valence-corrected chi connectivity index (χ4v) is 0.228. The van der Waals surface area contributed by atoms with Gasteiger partial charge in [-0.1, -0.05) is 0 Å². The van der Waals surface area contributed by atoms with E-state index >= 15 is 0 Å². The van der Waals surface area contributed by atoms with E-state index in [0.29, 0.717) is 0 Å². The SMILES string of the molecule is C=C([O-])c1c[cH+]1. The summed E-state index contributed by atoms with van der Waals surface area (Å²) in [5.41, 5.74) is 0.759. The molecule has 0 spiro atoms. The average Bonchev–Trinajstić information content (AvgIpc) is 2.06. The van der Waals surface area contributed by atoms with Gasteiger partial charge in [-0.15, -0.1) is 0 Å². The summed E-state index contributed by atoms with van der Waals surface area (Å²) in [4.78, 5) is 0. The molecule has 6 heavy (non-hydrogen) atoms. The Morgan fingerprint density at radius 2 is 2.50 bits per heavy atom. The molecule has 0 aromatic heterocycles. The summed E-state index contributed by atoms with van der Waals surface area (Å²) in [5.74, 6) is -0.0741. The van der Waals surface area contributed by atoms with Gasteiger partial charge in [0.1, 0.15) is 12.1 Å². The van der Waals surface area contributed by atoms with Crippen LogP contribution in [0.1, 0.15) is 5.56 Å². The molecule has 1 aromatic carbocycles. The Kier molecular flexibility index (Phi) is 0.449. The van der Waals surface area contributed by atoms with Crippen LogP contribution in [0, 0.1) is 0 Å². The molecule has 0 aliphatic heterocycles. The number of hydrogen-bond donors (Lipinski definition) is 0. The molecule has 0 aliphatic rings. The topological polar surface area (TPSA) is 23.1 Å². The van der Waals surface area contributed by atoms with Crippen molar-refractivity contribution in [3.63, 3.8) is 0 Å². The van der Waals surface area contributed by atoms with E-state index in [1.54, 1.807) is 12.1 Å². The lowest BCUT2D eigenvalue weighted by Gasteiger charge is -1.86. The van der Waals surface area contributed by atoms with Crippen LogP contribution in [0.4, 0.5) is 0 Å². The van der Waals surface area contributed by atoms with Gasteiger partial charge in [0, 0.05) is 5.76 Å². The summed E-state index contributed by atoms with van der Waals surface area (Å²) in [6.45, 7) is 3.16. The zero-order valence-electron chi connectivity index (χ0n) is 3.27. The van der Waals surface area contributed by atoms with E-state index in [9.17, 15) is 5.11 Å². The lowest BCUT2D eigenvalue weighted by atomic mass is 10.5. The van der Waals surface area contributed by atoms with E-state index in [2.05, 4.69) is 6.58 Å². The number of rotatable bonds is 1. The molecular formula is C5H4O. The first-order chi connectivity index (χ1) is 2.80. The van der Waals surface area contributed by atoms with Crippen LogP contribution in [0.2, 0.25) is 0 Å². The van der Waals surface area contributed by atoms with Crippen molar-refractivity contribution in [2.75, 3.05) is 0 Å². The molecule has 0 fully saturated rings. The van der Waals surface area contributed by atoms with E-state index in [1.807, 2.05) is 0 Å². The van der Waals surface area contributed by atoms with Gasteiger partial charge in [0.2, 0.25) is 0 Å². The maximum Gasteiger partial charge on any atom is 0.168 e. The first-order valence-corrected chi connectivity index (χ1v) is 1.72. The lowest BCUT2D eigenvalue weighted by molar-refractivity contribution is -0.242. The second-order valence-electron chi connectivity index (χ2n) is 1.21. The van der Waals surface area contributed by atoms with Gasteiger partial charge in [0.25, 0.3) is 0 Å². The van der Waals surface area contributed by atoms with Gasteiger partial charge in [-0.25, -0.2) is 0 Å². The molecule has 1 aromatic rings. The highest BCUT2D eigenvalue weighted by Crippen LogP contribution is 2.10. The monoisotopic (exact) mass is 80.0 g/mol. The quantitative estimate of drug-likeness (QED) is 0.348. The summed E-state index contributed by atoms with van der Waals surface area (Å²) in [6, 6.07) is 3.49. The Bertz CT molecular complexity index is 121. The van der Waals surface area contributed by atoms with Gasteiger partial charge in [-0.05, 0) is 6.58 Å². The highest BCUT2D eigenvalue weighted by atomic mass is 16.3. The Labute approximate surface area is 36.2 Å². The predicted octanol–water partition coefficient (Wildman–Crippen LogP) is 0.174. The molecular weight excluding hydrogens is 76.1 g/mol. The van der Waals surface area contributed by atoms with Crippen LogP contribution in [0.25, 0.3) is 5.76 Å². The molecule has 1 rings (SSSR count). The molecule has 30 valence electrons. The first-order valence-electron chi connectivity index (χ1n) is 1.72. The van der Waals surface area contributed by atoms with Crippen LogP contribution in [0.5, 0.6) is 0 Å². The van der Waals surface area contributed by atoms with Crippen molar-refractivity contribution in [2.24, 2.45) is 0 Å². The van der Waals surface area contributed by atoms with Crippen LogP contribution in [0.3, 0.4) is 0 Å². The van der Waals surface area contributed by atoms with Crippen LogP contribution in [-0.2, 0) is 0 Å². The largest absolute Gasteiger partial charge is 0.821 e. The van der Waals surface area contributed by atoms with Crippen LogP contribution in [0.15, 0.2) is 18.7 Å². The van der Waals surface area contributed by atoms with Crippen LogP contribution >= 0.6 is 0 Å². The van der Waals surface area contributed by atoms with Crippen molar-refractivity contribution in [3.8, 4) is 0 Å². The molecule has 0 saturated heterocycles. The van der Waals surface area contributed by atoms with E-state index in [-0.39, 0.29) is 5.76 Å². The molecule has 0 amide bonds. The Balaban J connectivity index is 2.62. The third kappa shape index (κ3) is 0.385. The minimum atomic E-state index is -0.0741. The van der Waals surface area contributed by atoms with Crippen LogP contribution in [-0.4, -0.2) is 0 Å². The van der Waals surface area contributed by atoms with Gasteiger partial charge in [-0.3, -0.25) is 0 Å². The zero-order valence-corrected chi connectivity index (χ0v) is 3.27. The van der Waals surface area contributed by atoms with E-state index < -0.39 is 0 Å². The van der Waals surface area contributed by atoms with Crippen molar-refractivity contribution >= 4 is 5.76 Å². The van der Waals surface area contributed by atoms with E-state index in [4.69, 9.17) is 0 Å².